The summed E-state index contributed by atoms with van der Waals surface area (Å²) in [5.41, 5.74) is 3.28. The summed E-state index contributed by atoms with van der Waals surface area (Å²) >= 11 is 0. The summed E-state index contributed by atoms with van der Waals surface area (Å²) in [6, 6.07) is 8.24. The Morgan fingerprint density at radius 3 is 2.65 bits per heavy atom. The molecule has 0 atom stereocenters. The number of anilines is 1. The molecule has 3 heteroatoms. The quantitative estimate of drug-likeness (QED) is 0.871. The lowest BCUT2D eigenvalue weighted by Gasteiger charge is -2.10. The van der Waals surface area contributed by atoms with Crippen LogP contribution < -0.4 is 5.32 Å². The fraction of sp³-hybridized carbons (Fsp3) is 0.286. The summed E-state index contributed by atoms with van der Waals surface area (Å²) in [5.74, 6) is 0.864. The van der Waals surface area contributed by atoms with Crippen LogP contribution in [0.15, 0.2) is 36.7 Å². The first-order valence-corrected chi connectivity index (χ1v) is 5.93. The molecular weight excluding hydrogens is 210 g/mol. The van der Waals surface area contributed by atoms with Crippen molar-refractivity contribution in [3.63, 3.8) is 0 Å². The van der Waals surface area contributed by atoms with Crippen molar-refractivity contribution in [2.24, 2.45) is 0 Å². The lowest BCUT2D eigenvalue weighted by Crippen LogP contribution is -2.04. The fourth-order valence-corrected chi connectivity index (χ4v) is 1.75. The highest BCUT2D eigenvalue weighted by molar-refractivity contribution is 5.73. The van der Waals surface area contributed by atoms with Crippen LogP contribution in [-0.2, 0) is 0 Å². The number of aryl methyl sites for hydroxylation is 1. The molecule has 0 aliphatic carbocycles. The second-order valence-electron chi connectivity index (χ2n) is 4.00. The van der Waals surface area contributed by atoms with E-state index >= 15 is 0 Å². The van der Waals surface area contributed by atoms with E-state index in [1.54, 1.807) is 12.4 Å². The molecule has 0 spiro atoms. The maximum atomic E-state index is 4.44. The van der Waals surface area contributed by atoms with Gasteiger partial charge in [-0.05, 0) is 18.9 Å². The molecule has 0 aliphatic heterocycles. The van der Waals surface area contributed by atoms with Gasteiger partial charge in [-0.15, -0.1) is 0 Å². The normalized spacial score (nSPS) is 10.2. The topological polar surface area (TPSA) is 37.8 Å². The minimum Gasteiger partial charge on any atom is -0.368 e. The summed E-state index contributed by atoms with van der Waals surface area (Å²) in [7, 11) is 0. The first-order valence-electron chi connectivity index (χ1n) is 5.93. The lowest BCUT2D eigenvalue weighted by atomic mass is 10.1. The first-order chi connectivity index (χ1) is 8.33. The summed E-state index contributed by atoms with van der Waals surface area (Å²) in [4.78, 5) is 8.80. The Balaban J connectivity index is 2.41. The third-order valence-corrected chi connectivity index (χ3v) is 2.64. The van der Waals surface area contributed by atoms with Crippen molar-refractivity contribution >= 4 is 5.82 Å². The molecule has 0 saturated heterocycles. The van der Waals surface area contributed by atoms with E-state index in [1.165, 1.54) is 5.56 Å². The third kappa shape index (κ3) is 2.61. The second-order valence-corrected chi connectivity index (χ2v) is 4.00. The van der Waals surface area contributed by atoms with Crippen molar-refractivity contribution in [2.45, 2.75) is 20.3 Å². The average molecular weight is 227 g/mol. The molecule has 0 aliphatic rings. The summed E-state index contributed by atoms with van der Waals surface area (Å²) in [6.45, 7) is 5.14. The number of benzene rings is 1. The van der Waals surface area contributed by atoms with Gasteiger partial charge in [0.15, 0.2) is 5.82 Å². The second kappa shape index (κ2) is 5.43. The van der Waals surface area contributed by atoms with Crippen LogP contribution in [0, 0.1) is 6.92 Å². The van der Waals surface area contributed by atoms with Gasteiger partial charge in [-0.1, -0.05) is 31.2 Å². The molecule has 88 valence electrons. The predicted molar refractivity (Wildman–Crippen MR) is 71.0 cm³/mol. The molecule has 3 nitrogen and oxygen atoms in total. The van der Waals surface area contributed by atoms with Crippen molar-refractivity contribution in [3.8, 4) is 11.3 Å². The Morgan fingerprint density at radius 1 is 1.12 bits per heavy atom. The van der Waals surface area contributed by atoms with E-state index in [0.717, 1.165) is 30.0 Å². The van der Waals surface area contributed by atoms with Crippen LogP contribution in [0.1, 0.15) is 18.9 Å². The largest absolute Gasteiger partial charge is 0.368 e. The number of nitrogens with one attached hydrogen (secondary N) is 1. The first kappa shape index (κ1) is 11.6. The van der Waals surface area contributed by atoms with E-state index in [2.05, 4.69) is 41.3 Å². The van der Waals surface area contributed by atoms with Gasteiger partial charge in [-0.25, -0.2) is 4.98 Å². The molecule has 0 radical (unpaired) electrons. The van der Waals surface area contributed by atoms with Gasteiger partial charge >= 0.3 is 0 Å². The SMILES string of the molecule is CCCNc1nccnc1-c1ccccc1C. The Morgan fingerprint density at radius 2 is 1.88 bits per heavy atom. The number of hydrogen-bond donors (Lipinski definition) is 1. The lowest BCUT2D eigenvalue weighted by molar-refractivity contribution is 0.965. The standard InChI is InChI=1S/C14H17N3/c1-3-8-16-14-13(15-9-10-17-14)12-7-5-4-6-11(12)2/h4-7,9-10H,3,8H2,1-2H3,(H,16,17). The molecule has 2 rings (SSSR count). The number of rotatable bonds is 4. The van der Waals surface area contributed by atoms with Gasteiger partial charge in [-0.3, -0.25) is 4.98 Å². The molecule has 1 aromatic heterocycles. The predicted octanol–water partition coefficient (Wildman–Crippen LogP) is 3.27. The Hall–Kier alpha value is -1.90. The molecule has 1 heterocycles. The van der Waals surface area contributed by atoms with Gasteiger partial charge in [0.05, 0.1) is 0 Å². The maximum absolute atomic E-state index is 4.44. The van der Waals surface area contributed by atoms with E-state index in [-0.39, 0.29) is 0 Å². The molecule has 1 aromatic carbocycles. The van der Waals surface area contributed by atoms with E-state index in [9.17, 15) is 0 Å². The Labute approximate surface area is 102 Å². The number of aromatic nitrogens is 2. The van der Waals surface area contributed by atoms with Crippen LogP contribution in [0.5, 0.6) is 0 Å². The zero-order valence-electron chi connectivity index (χ0n) is 10.3. The molecule has 0 unspecified atom stereocenters. The molecule has 17 heavy (non-hydrogen) atoms. The number of nitrogens with zero attached hydrogens (tertiary/aromatic N) is 2. The van der Waals surface area contributed by atoms with Crippen LogP contribution >= 0.6 is 0 Å². The van der Waals surface area contributed by atoms with Crippen molar-refractivity contribution in [1.29, 1.82) is 0 Å². The van der Waals surface area contributed by atoms with Gasteiger partial charge < -0.3 is 5.32 Å². The Bertz CT molecular complexity index is 494. The van der Waals surface area contributed by atoms with Gasteiger partial charge in [0.25, 0.3) is 0 Å². The van der Waals surface area contributed by atoms with Crippen molar-refractivity contribution in [2.75, 3.05) is 11.9 Å². The molecule has 2 aromatic rings. The van der Waals surface area contributed by atoms with E-state index in [0.29, 0.717) is 0 Å². The van der Waals surface area contributed by atoms with E-state index in [4.69, 9.17) is 0 Å². The van der Waals surface area contributed by atoms with Crippen LogP contribution in [0.4, 0.5) is 5.82 Å². The summed E-state index contributed by atoms with van der Waals surface area (Å²) in [5, 5.41) is 3.32. The van der Waals surface area contributed by atoms with Crippen LogP contribution in [0.2, 0.25) is 0 Å². The van der Waals surface area contributed by atoms with Crippen LogP contribution in [0.3, 0.4) is 0 Å². The smallest absolute Gasteiger partial charge is 0.152 e. The minimum atomic E-state index is 0.864. The van der Waals surface area contributed by atoms with Gasteiger partial charge in [0.2, 0.25) is 0 Å². The molecule has 0 amide bonds. The molecule has 0 bridgehead atoms. The monoisotopic (exact) mass is 227 g/mol. The fourth-order valence-electron chi connectivity index (χ4n) is 1.75. The zero-order chi connectivity index (χ0) is 12.1. The highest BCUT2D eigenvalue weighted by Gasteiger charge is 2.08. The van der Waals surface area contributed by atoms with E-state index < -0.39 is 0 Å². The molecular formula is C14H17N3. The van der Waals surface area contributed by atoms with Crippen molar-refractivity contribution in [1.82, 2.24) is 9.97 Å². The highest BCUT2D eigenvalue weighted by Crippen LogP contribution is 2.26. The Kier molecular flexibility index (Phi) is 3.70. The van der Waals surface area contributed by atoms with Crippen molar-refractivity contribution in [3.05, 3.63) is 42.2 Å². The maximum Gasteiger partial charge on any atom is 0.152 e. The minimum absolute atomic E-state index is 0.864. The van der Waals surface area contributed by atoms with Gasteiger partial charge in [0, 0.05) is 24.5 Å². The van der Waals surface area contributed by atoms with Gasteiger partial charge in [0.1, 0.15) is 5.69 Å². The van der Waals surface area contributed by atoms with Gasteiger partial charge in [-0.2, -0.15) is 0 Å². The highest BCUT2D eigenvalue weighted by atomic mass is 15.0. The molecule has 0 fully saturated rings. The summed E-state index contributed by atoms with van der Waals surface area (Å²) < 4.78 is 0. The van der Waals surface area contributed by atoms with E-state index in [1.807, 2.05) is 12.1 Å². The van der Waals surface area contributed by atoms with Crippen LogP contribution in [0.25, 0.3) is 11.3 Å². The zero-order valence-corrected chi connectivity index (χ0v) is 10.3. The third-order valence-electron chi connectivity index (χ3n) is 2.64. The summed E-state index contributed by atoms with van der Waals surface area (Å²) in [6.07, 6.45) is 4.53. The van der Waals surface area contributed by atoms with Crippen molar-refractivity contribution < 1.29 is 0 Å². The van der Waals surface area contributed by atoms with Crippen LogP contribution in [-0.4, -0.2) is 16.5 Å². The average Bonchev–Trinajstić information content (AvgIpc) is 2.37. The molecule has 1 N–H and O–H groups in total. The number of hydrogen-bond acceptors (Lipinski definition) is 3. The molecule has 0 saturated carbocycles.